The number of sulfonamides is 1. The summed E-state index contributed by atoms with van der Waals surface area (Å²) in [5.74, 6) is -0.349. The van der Waals surface area contributed by atoms with Crippen LogP contribution in [0.3, 0.4) is 0 Å². The molecule has 1 aromatic heterocycles. The average Bonchev–Trinajstić information content (AvgIpc) is 3.46. The first-order valence-electron chi connectivity index (χ1n) is 13.0. The molecule has 222 valence electrons. The largest absolute Gasteiger partial charge is 0.466 e. The summed E-state index contributed by atoms with van der Waals surface area (Å²) in [5, 5.41) is 11.8. The third kappa shape index (κ3) is 6.63. The summed E-state index contributed by atoms with van der Waals surface area (Å²) in [7, 11) is -3.73. The number of aliphatic hydroxyl groups is 1. The molecule has 2 unspecified atom stereocenters. The minimum Gasteiger partial charge on any atom is -0.466 e. The first-order chi connectivity index (χ1) is 18.8. The van der Waals surface area contributed by atoms with Crippen molar-refractivity contribution in [3.63, 3.8) is 0 Å². The van der Waals surface area contributed by atoms with E-state index in [1.165, 1.54) is 28.6 Å². The van der Waals surface area contributed by atoms with Gasteiger partial charge in [-0.15, -0.1) is 11.3 Å². The van der Waals surface area contributed by atoms with Crippen LogP contribution in [0.15, 0.2) is 46.0 Å². The van der Waals surface area contributed by atoms with E-state index < -0.39 is 21.8 Å². The monoisotopic (exact) mass is 605 g/mol. The number of hydrogen-bond acceptors (Lipinski definition) is 9. The Hall–Kier alpha value is -2.23. The highest BCUT2D eigenvalue weighted by atomic mass is 32.2. The molecular formula is C26H34F3N3O6S2. The third-order valence-electron chi connectivity index (χ3n) is 7.35. The second kappa shape index (κ2) is 12.3. The Labute approximate surface area is 236 Å². The smallest absolute Gasteiger partial charge is 0.421 e. The molecule has 0 radical (unpaired) electrons. The van der Waals surface area contributed by atoms with Crippen LogP contribution < -0.4 is 4.90 Å². The fourth-order valence-electron chi connectivity index (χ4n) is 5.02. The molecule has 1 N–H and O–H groups in total. The van der Waals surface area contributed by atoms with Gasteiger partial charge in [-0.2, -0.15) is 17.5 Å². The number of anilines is 1. The third-order valence-corrected chi connectivity index (χ3v) is 10.6. The molecule has 0 spiro atoms. The summed E-state index contributed by atoms with van der Waals surface area (Å²) in [4.78, 5) is 16.3. The van der Waals surface area contributed by atoms with Crippen LogP contribution in [0.25, 0.3) is 0 Å². The van der Waals surface area contributed by atoms with Crippen LogP contribution in [-0.4, -0.2) is 99.5 Å². The number of alkyl halides is 3. The normalized spacial score (nSPS) is 23.1. The summed E-state index contributed by atoms with van der Waals surface area (Å²) in [6.45, 7) is 5.03. The highest BCUT2D eigenvalue weighted by molar-refractivity contribution is 7.91. The molecule has 2 saturated heterocycles. The summed E-state index contributed by atoms with van der Waals surface area (Å²) in [6, 6.07) is 8.12. The second-order valence-corrected chi connectivity index (χ2v) is 13.1. The molecule has 0 saturated carbocycles. The highest BCUT2D eigenvalue weighted by Crippen LogP contribution is 2.39. The number of piperazine rings is 1. The van der Waals surface area contributed by atoms with E-state index in [0.717, 1.165) is 11.3 Å². The number of carbonyl (C=O) groups excluding carboxylic acids is 1. The maximum atomic E-state index is 13.4. The Balaban J connectivity index is 1.61. The quantitative estimate of drug-likeness (QED) is 0.436. The molecule has 3 atom stereocenters. The Morgan fingerprint density at radius 2 is 1.88 bits per heavy atom. The van der Waals surface area contributed by atoms with E-state index in [1.54, 1.807) is 24.4 Å². The number of benzene rings is 1. The average molecular weight is 606 g/mol. The standard InChI is InChI=1S/C26H34F3N3O6S2/c1-3-38-23(33)15-21-18-37-13-12-30(21)16-22-17-31(40(35,36)24-5-4-14-39-24)10-11-32(22)20-8-6-19(7-9-20)25(2,34)26(27,28)29/h4-9,14,21-22,34H,3,10-13,15-18H2,1-2H3/t21?,22-,25?/m0/s1. The van der Waals surface area contributed by atoms with Crippen LogP contribution >= 0.6 is 11.3 Å². The van der Waals surface area contributed by atoms with Gasteiger partial charge in [0.2, 0.25) is 0 Å². The Kier molecular flexibility index (Phi) is 9.47. The van der Waals surface area contributed by atoms with Crippen LogP contribution in [0.5, 0.6) is 0 Å². The van der Waals surface area contributed by atoms with Crippen LogP contribution in [0, 0.1) is 0 Å². The fourth-order valence-corrected chi connectivity index (χ4v) is 7.63. The van der Waals surface area contributed by atoms with E-state index in [0.29, 0.717) is 45.5 Å². The van der Waals surface area contributed by atoms with E-state index in [2.05, 4.69) is 4.90 Å². The van der Waals surface area contributed by atoms with Crippen molar-refractivity contribution in [2.75, 3.05) is 57.4 Å². The zero-order valence-electron chi connectivity index (χ0n) is 22.3. The van der Waals surface area contributed by atoms with Gasteiger partial charge in [-0.1, -0.05) is 18.2 Å². The van der Waals surface area contributed by atoms with Gasteiger partial charge in [0.15, 0.2) is 5.60 Å². The first-order valence-corrected chi connectivity index (χ1v) is 15.3. The van der Waals surface area contributed by atoms with Gasteiger partial charge < -0.3 is 19.5 Å². The van der Waals surface area contributed by atoms with Gasteiger partial charge in [-0.05, 0) is 43.0 Å². The molecular weight excluding hydrogens is 571 g/mol. The SMILES string of the molecule is CCOC(=O)CC1COCCN1C[C@H]1CN(S(=O)(=O)c2cccs2)CCN1c1ccc(C(C)(O)C(F)(F)F)cc1. The molecule has 40 heavy (non-hydrogen) atoms. The Bertz CT molecular complexity index is 1240. The fraction of sp³-hybridized carbons (Fsp3) is 0.577. The van der Waals surface area contributed by atoms with Crippen molar-refractivity contribution in [3.8, 4) is 0 Å². The lowest BCUT2D eigenvalue weighted by Crippen LogP contribution is -2.60. The van der Waals surface area contributed by atoms with Crippen LogP contribution in [0.2, 0.25) is 0 Å². The summed E-state index contributed by atoms with van der Waals surface area (Å²) >= 11 is 1.14. The molecule has 2 aliphatic rings. The second-order valence-electron chi connectivity index (χ2n) is 9.99. The van der Waals surface area contributed by atoms with Gasteiger partial charge >= 0.3 is 12.1 Å². The van der Waals surface area contributed by atoms with Crippen molar-refractivity contribution in [1.82, 2.24) is 9.21 Å². The Morgan fingerprint density at radius 3 is 2.50 bits per heavy atom. The Morgan fingerprint density at radius 1 is 1.15 bits per heavy atom. The van der Waals surface area contributed by atoms with E-state index in [1.807, 2.05) is 4.90 Å². The van der Waals surface area contributed by atoms with Crippen molar-refractivity contribution >= 4 is 33.0 Å². The number of esters is 1. The molecule has 2 aliphatic heterocycles. The molecule has 2 aromatic rings. The van der Waals surface area contributed by atoms with Crippen molar-refractivity contribution in [3.05, 3.63) is 47.3 Å². The van der Waals surface area contributed by atoms with Crippen molar-refractivity contribution < 1.29 is 41.0 Å². The number of halogens is 3. The van der Waals surface area contributed by atoms with Gasteiger partial charge in [0, 0.05) is 44.5 Å². The first kappa shape index (κ1) is 30.7. The van der Waals surface area contributed by atoms with E-state index in [9.17, 15) is 31.5 Å². The summed E-state index contributed by atoms with van der Waals surface area (Å²) in [5.41, 5.74) is -2.69. The van der Waals surface area contributed by atoms with Crippen molar-refractivity contribution in [2.45, 2.75) is 48.3 Å². The number of nitrogens with zero attached hydrogens (tertiary/aromatic N) is 3. The van der Waals surface area contributed by atoms with Crippen LogP contribution in [-0.2, 0) is 29.9 Å². The number of thiophene rings is 1. The molecule has 0 aliphatic carbocycles. The lowest BCUT2D eigenvalue weighted by molar-refractivity contribution is -0.258. The van der Waals surface area contributed by atoms with Crippen molar-refractivity contribution in [2.24, 2.45) is 0 Å². The minimum absolute atomic E-state index is 0.124. The molecule has 9 nitrogen and oxygen atoms in total. The maximum Gasteiger partial charge on any atom is 0.421 e. The number of rotatable bonds is 9. The topological polar surface area (TPSA) is 99.6 Å². The molecule has 3 heterocycles. The van der Waals surface area contributed by atoms with E-state index in [4.69, 9.17) is 9.47 Å². The van der Waals surface area contributed by atoms with Gasteiger partial charge in [0.25, 0.3) is 10.0 Å². The zero-order chi connectivity index (χ0) is 29.1. The van der Waals surface area contributed by atoms with Gasteiger partial charge in [0.05, 0.1) is 32.3 Å². The van der Waals surface area contributed by atoms with Crippen molar-refractivity contribution in [1.29, 1.82) is 0 Å². The van der Waals surface area contributed by atoms with Crippen LogP contribution in [0.1, 0.15) is 25.8 Å². The number of carbonyl (C=O) groups is 1. The molecule has 0 amide bonds. The molecule has 14 heteroatoms. The van der Waals surface area contributed by atoms with E-state index >= 15 is 0 Å². The molecule has 2 fully saturated rings. The predicted molar refractivity (Wildman–Crippen MR) is 144 cm³/mol. The highest BCUT2D eigenvalue weighted by Gasteiger charge is 2.51. The lowest BCUT2D eigenvalue weighted by atomic mass is 9.95. The van der Waals surface area contributed by atoms with E-state index in [-0.39, 0.29) is 53.9 Å². The predicted octanol–water partition coefficient (Wildman–Crippen LogP) is 3.05. The maximum absolute atomic E-state index is 13.4. The van der Waals surface area contributed by atoms with Crippen LogP contribution in [0.4, 0.5) is 18.9 Å². The zero-order valence-corrected chi connectivity index (χ0v) is 24.0. The number of hydrogen-bond donors (Lipinski definition) is 1. The van der Waals surface area contributed by atoms with Gasteiger partial charge in [-0.3, -0.25) is 9.69 Å². The summed E-state index contributed by atoms with van der Waals surface area (Å²) < 4.78 is 79.2. The molecule has 4 rings (SSSR count). The summed E-state index contributed by atoms with van der Waals surface area (Å²) in [6.07, 6.45) is -4.72. The number of morpholine rings is 1. The lowest BCUT2D eigenvalue weighted by Gasteiger charge is -2.46. The molecule has 1 aromatic carbocycles. The van der Waals surface area contributed by atoms with Gasteiger partial charge in [-0.25, -0.2) is 8.42 Å². The number of ether oxygens (including phenoxy) is 2. The molecule has 0 bridgehead atoms. The minimum atomic E-state index is -4.84. The van der Waals surface area contributed by atoms with Gasteiger partial charge in [0.1, 0.15) is 4.21 Å².